The smallest absolute Gasteiger partial charge is 0.334 e. The second kappa shape index (κ2) is 7.18. The Balaban J connectivity index is 2.28. The molecule has 1 aromatic carbocycles. The highest BCUT2D eigenvalue weighted by Gasteiger charge is 2.33. The molecule has 1 amide bonds. The quantitative estimate of drug-likeness (QED) is 0.805. The first-order valence-corrected chi connectivity index (χ1v) is 9.15. The van der Waals surface area contributed by atoms with Crippen molar-refractivity contribution in [3.8, 4) is 0 Å². The fourth-order valence-electron chi connectivity index (χ4n) is 2.42. The van der Waals surface area contributed by atoms with Crippen LogP contribution in [0, 0.1) is 0 Å². The number of hydrogen-bond donors (Lipinski definition) is 2. The predicted octanol–water partition coefficient (Wildman–Crippen LogP) is 0.762. The molecule has 1 unspecified atom stereocenters. The molecule has 0 radical (unpaired) electrons. The minimum atomic E-state index is -3.53. The minimum Gasteiger partial charge on any atom is -0.479 e. The number of ether oxygens (including phenoxy) is 1. The lowest BCUT2D eigenvalue weighted by Gasteiger charge is -2.35. The summed E-state index contributed by atoms with van der Waals surface area (Å²) < 4.78 is 31.2. The van der Waals surface area contributed by atoms with Gasteiger partial charge in [0.15, 0.2) is 6.10 Å². The van der Waals surface area contributed by atoms with Crippen molar-refractivity contribution in [1.82, 2.24) is 4.90 Å². The lowest BCUT2D eigenvalue weighted by atomic mass is 10.1. The fourth-order valence-corrected chi connectivity index (χ4v) is 3.08. The third kappa shape index (κ3) is 4.24. The molecule has 2 N–H and O–H groups in total. The number of hydrogen-bond acceptors (Lipinski definition) is 5. The molecule has 0 aromatic heterocycles. The van der Waals surface area contributed by atoms with E-state index in [0.29, 0.717) is 0 Å². The maximum absolute atomic E-state index is 12.8. The molecule has 0 saturated carbocycles. The second-order valence-corrected chi connectivity index (χ2v) is 7.55. The maximum Gasteiger partial charge on any atom is 0.334 e. The largest absolute Gasteiger partial charge is 0.479 e. The number of anilines is 1. The molecule has 8 nitrogen and oxygen atoms in total. The third-order valence-electron chi connectivity index (χ3n) is 3.63. The number of carbonyl (C=O) groups is 2. The molecule has 2 atom stereocenters. The average molecular weight is 356 g/mol. The number of carboxylic acid groups (broad SMARTS) is 1. The van der Waals surface area contributed by atoms with E-state index < -0.39 is 34.1 Å². The number of carboxylic acids is 1. The number of nitrogens with zero attached hydrogens (tertiary/aromatic N) is 1. The van der Waals surface area contributed by atoms with Crippen LogP contribution < -0.4 is 4.72 Å². The van der Waals surface area contributed by atoms with Crippen LogP contribution in [-0.2, 0) is 19.6 Å². The molecule has 1 saturated heterocycles. The van der Waals surface area contributed by atoms with Crippen LogP contribution in [0.2, 0.25) is 0 Å². The van der Waals surface area contributed by atoms with Gasteiger partial charge in [0.25, 0.3) is 5.91 Å². The zero-order valence-electron chi connectivity index (χ0n) is 13.4. The Kier molecular flexibility index (Phi) is 5.45. The van der Waals surface area contributed by atoms with Crippen LogP contribution in [0.3, 0.4) is 0 Å². The molecule has 1 heterocycles. The molecule has 1 fully saturated rings. The molecule has 1 aliphatic heterocycles. The Morgan fingerprint density at radius 2 is 2.00 bits per heavy atom. The van der Waals surface area contributed by atoms with Gasteiger partial charge in [-0.2, -0.15) is 0 Å². The molecule has 132 valence electrons. The fraction of sp³-hybridized carbons (Fsp3) is 0.467. The van der Waals surface area contributed by atoms with Gasteiger partial charge in [0.05, 0.1) is 29.7 Å². The van der Waals surface area contributed by atoms with Gasteiger partial charge in [0.2, 0.25) is 10.0 Å². The van der Waals surface area contributed by atoms with Crippen LogP contribution >= 0.6 is 0 Å². The number of para-hydroxylation sites is 1. The van der Waals surface area contributed by atoms with E-state index in [2.05, 4.69) is 4.72 Å². The summed E-state index contributed by atoms with van der Waals surface area (Å²) in [5.74, 6) is -1.70. The molecule has 24 heavy (non-hydrogen) atoms. The van der Waals surface area contributed by atoms with Gasteiger partial charge in [-0.3, -0.25) is 9.52 Å². The van der Waals surface area contributed by atoms with E-state index in [9.17, 15) is 18.0 Å². The zero-order valence-corrected chi connectivity index (χ0v) is 14.2. The van der Waals surface area contributed by atoms with E-state index in [0.717, 1.165) is 0 Å². The van der Waals surface area contributed by atoms with Crippen LogP contribution in [-0.4, -0.2) is 61.4 Å². The topological polar surface area (TPSA) is 113 Å². The molecular weight excluding hydrogens is 336 g/mol. The summed E-state index contributed by atoms with van der Waals surface area (Å²) >= 11 is 0. The van der Waals surface area contributed by atoms with E-state index in [1.54, 1.807) is 19.1 Å². The van der Waals surface area contributed by atoms with Gasteiger partial charge in [-0.05, 0) is 26.0 Å². The van der Waals surface area contributed by atoms with Crippen molar-refractivity contribution in [2.45, 2.75) is 26.1 Å². The van der Waals surface area contributed by atoms with E-state index >= 15 is 0 Å². The van der Waals surface area contributed by atoms with Gasteiger partial charge in [-0.25, -0.2) is 13.2 Å². The summed E-state index contributed by atoms with van der Waals surface area (Å²) in [6, 6.07) is 6.24. The van der Waals surface area contributed by atoms with Gasteiger partial charge < -0.3 is 14.7 Å². The number of nitrogens with one attached hydrogen (secondary N) is 1. The summed E-state index contributed by atoms with van der Waals surface area (Å²) in [6.07, 6.45) is -1.53. The molecule has 1 aromatic rings. The Hall–Kier alpha value is -2.13. The molecule has 1 aliphatic rings. The third-order valence-corrected chi connectivity index (χ3v) is 4.92. The molecular formula is C15H20N2O6S. The van der Waals surface area contributed by atoms with Crippen molar-refractivity contribution in [2.75, 3.05) is 23.6 Å². The van der Waals surface area contributed by atoms with Gasteiger partial charge in [0, 0.05) is 6.54 Å². The maximum atomic E-state index is 12.8. The highest BCUT2D eigenvalue weighted by Crippen LogP contribution is 2.21. The molecule has 0 aliphatic carbocycles. The van der Waals surface area contributed by atoms with Gasteiger partial charge in [-0.15, -0.1) is 0 Å². The lowest BCUT2D eigenvalue weighted by molar-refractivity contribution is -0.160. The predicted molar refractivity (Wildman–Crippen MR) is 87.4 cm³/mol. The Bertz CT molecular complexity index is 733. The van der Waals surface area contributed by atoms with Crippen molar-refractivity contribution in [1.29, 1.82) is 0 Å². The summed E-state index contributed by atoms with van der Waals surface area (Å²) in [6.45, 7) is 3.32. The van der Waals surface area contributed by atoms with Crippen LogP contribution in [0.4, 0.5) is 5.69 Å². The van der Waals surface area contributed by atoms with Crippen molar-refractivity contribution < 1.29 is 27.9 Å². The minimum absolute atomic E-state index is 0.0899. The molecule has 9 heteroatoms. The van der Waals surface area contributed by atoms with E-state index in [1.165, 1.54) is 24.0 Å². The van der Waals surface area contributed by atoms with Crippen molar-refractivity contribution >= 4 is 27.6 Å². The summed E-state index contributed by atoms with van der Waals surface area (Å²) in [7, 11) is -3.53. The monoisotopic (exact) mass is 356 g/mol. The Morgan fingerprint density at radius 3 is 2.62 bits per heavy atom. The highest BCUT2D eigenvalue weighted by molar-refractivity contribution is 7.92. The van der Waals surface area contributed by atoms with E-state index in [4.69, 9.17) is 9.84 Å². The van der Waals surface area contributed by atoms with E-state index in [1.807, 2.05) is 0 Å². The van der Waals surface area contributed by atoms with Crippen LogP contribution in [0.15, 0.2) is 24.3 Å². The number of carbonyl (C=O) groups excluding carboxylic acids is 1. The SMILES string of the molecule is CCS(=O)(=O)Nc1ccccc1C(=O)N1CC(C(=O)O)O[C@H](C)C1. The van der Waals surface area contributed by atoms with Gasteiger partial charge >= 0.3 is 5.97 Å². The number of sulfonamides is 1. The average Bonchev–Trinajstić information content (AvgIpc) is 2.53. The zero-order chi connectivity index (χ0) is 17.9. The Morgan fingerprint density at radius 1 is 1.33 bits per heavy atom. The second-order valence-electron chi connectivity index (χ2n) is 5.53. The summed E-state index contributed by atoms with van der Waals surface area (Å²) in [4.78, 5) is 25.3. The molecule has 0 spiro atoms. The number of aliphatic carboxylic acids is 1. The first-order chi connectivity index (χ1) is 11.2. The van der Waals surface area contributed by atoms with Crippen LogP contribution in [0.1, 0.15) is 24.2 Å². The number of rotatable bonds is 5. The number of benzene rings is 1. The van der Waals surface area contributed by atoms with Crippen LogP contribution in [0.5, 0.6) is 0 Å². The van der Waals surface area contributed by atoms with Gasteiger partial charge in [-0.1, -0.05) is 12.1 Å². The Labute approximate surface area is 140 Å². The van der Waals surface area contributed by atoms with Crippen molar-refractivity contribution in [2.24, 2.45) is 0 Å². The van der Waals surface area contributed by atoms with E-state index in [-0.39, 0.29) is 30.1 Å². The normalized spacial score (nSPS) is 21.3. The lowest BCUT2D eigenvalue weighted by Crippen LogP contribution is -2.51. The van der Waals surface area contributed by atoms with Gasteiger partial charge in [0.1, 0.15) is 0 Å². The first-order valence-electron chi connectivity index (χ1n) is 7.50. The summed E-state index contributed by atoms with van der Waals surface area (Å²) in [5.41, 5.74) is 0.350. The van der Waals surface area contributed by atoms with Crippen LogP contribution in [0.25, 0.3) is 0 Å². The van der Waals surface area contributed by atoms with Crippen molar-refractivity contribution in [3.63, 3.8) is 0 Å². The summed E-state index contributed by atoms with van der Waals surface area (Å²) in [5, 5.41) is 9.11. The molecule has 0 bridgehead atoms. The number of morpholine rings is 1. The number of amides is 1. The first kappa shape index (κ1) is 18.2. The van der Waals surface area contributed by atoms with Crippen molar-refractivity contribution in [3.05, 3.63) is 29.8 Å². The molecule has 2 rings (SSSR count). The standard InChI is InChI=1S/C15H20N2O6S/c1-3-24(21,22)16-12-7-5-4-6-11(12)14(18)17-8-10(2)23-13(9-17)15(19)20/h4-7,10,13,16H,3,8-9H2,1-2H3,(H,19,20)/t10-,13?/m1/s1. The highest BCUT2D eigenvalue weighted by atomic mass is 32.2.